The van der Waals surface area contributed by atoms with Crippen molar-refractivity contribution >= 4 is 17.4 Å². The van der Waals surface area contributed by atoms with E-state index in [1.165, 1.54) is 24.1 Å². The Labute approximate surface area is 184 Å². The predicted octanol–water partition coefficient (Wildman–Crippen LogP) is 4.40. The van der Waals surface area contributed by atoms with Gasteiger partial charge in [0.05, 0.1) is 12.7 Å². The molecule has 1 aliphatic rings. The second kappa shape index (κ2) is 8.70. The number of Topliss-reactive ketones (excluding diaryl/α,β-unsaturated/α-hetero) is 1. The second-order valence-corrected chi connectivity index (χ2v) is 7.55. The molecule has 1 saturated heterocycles. The topological polar surface area (TPSA) is 80.0 Å². The largest absolute Gasteiger partial charge is 0.507 e. The first-order valence-corrected chi connectivity index (χ1v) is 10.1. The van der Waals surface area contributed by atoms with Crippen LogP contribution in [0.5, 0.6) is 5.75 Å². The quantitative estimate of drug-likeness (QED) is 0.353. The molecule has 1 aromatic heterocycles. The lowest BCUT2D eigenvalue weighted by atomic mass is 9.99. The molecule has 0 radical (unpaired) electrons. The van der Waals surface area contributed by atoms with E-state index in [-0.39, 0.29) is 23.7 Å². The van der Waals surface area contributed by atoms with Crippen LogP contribution in [0.4, 0.5) is 4.39 Å². The van der Waals surface area contributed by atoms with Crippen molar-refractivity contribution in [2.24, 2.45) is 0 Å². The van der Waals surface area contributed by atoms with E-state index in [0.29, 0.717) is 29.3 Å². The van der Waals surface area contributed by atoms with E-state index >= 15 is 0 Å². The Morgan fingerprint density at radius 3 is 2.53 bits per heavy atom. The summed E-state index contributed by atoms with van der Waals surface area (Å²) in [6, 6.07) is 15.1. The molecule has 2 heterocycles. The van der Waals surface area contributed by atoms with Crippen LogP contribution in [-0.4, -0.2) is 35.4 Å². The summed E-state index contributed by atoms with van der Waals surface area (Å²) in [5.74, 6) is -0.663. The molecule has 1 N–H and O–H groups in total. The fourth-order valence-electron chi connectivity index (χ4n) is 3.83. The number of carbonyl (C=O) groups excluding carboxylic acids is 2. The zero-order chi connectivity index (χ0) is 22.8. The number of carbonyl (C=O) groups is 2. The molecule has 4 rings (SSSR count). The summed E-state index contributed by atoms with van der Waals surface area (Å²) in [5, 5.41) is 11.0. The Kier molecular flexibility index (Phi) is 5.81. The van der Waals surface area contributed by atoms with Gasteiger partial charge in [-0.3, -0.25) is 9.59 Å². The number of ether oxygens (including phenoxy) is 1. The van der Waals surface area contributed by atoms with Gasteiger partial charge in [0, 0.05) is 12.1 Å². The van der Waals surface area contributed by atoms with Gasteiger partial charge >= 0.3 is 0 Å². The van der Waals surface area contributed by atoms with Crippen molar-refractivity contribution < 1.29 is 28.2 Å². The van der Waals surface area contributed by atoms with Gasteiger partial charge < -0.3 is 19.2 Å². The van der Waals surface area contributed by atoms with Gasteiger partial charge in [0.25, 0.3) is 11.7 Å². The van der Waals surface area contributed by atoms with Crippen LogP contribution in [0.3, 0.4) is 0 Å². The Morgan fingerprint density at radius 1 is 1.12 bits per heavy atom. The summed E-state index contributed by atoms with van der Waals surface area (Å²) in [7, 11) is 1.50. The van der Waals surface area contributed by atoms with Crippen LogP contribution in [0.25, 0.3) is 5.76 Å². The van der Waals surface area contributed by atoms with Crippen molar-refractivity contribution in [1.29, 1.82) is 0 Å². The number of hydrogen-bond donors (Lipinski definition) is 1. The van der Waals surface area contributed by atoms with Crippen molar-refractivity contribution in [3.8, 4) is 5.75 Å². The number of ketones is 1. The monoisotopic (exact) mass is 435 g/mol. The summed E-state index contributed by atoms with van der Waals surface area (Å²) in [6.07, 6.45) is 0.405. The van der Waals surface area contributed by atoms with Gasteiger partial charge in [-0.1, -0.05) is 24.3 Å². The summed E-state index contributed by atoms with van der Waals surface area (Å²) in [6.45, 7) is 1.95. The number of methoxy groups -OCH3 is 1. The standard InChI is InChI=1S/C25H22FNO5/c1-15-6-11-20(32-15)22-21(23(28)17-4-3-5-19(14-17)31-2)24(29)25(30)27(22)13-12-16-7-9-18(26)10-8-16/h3-11,14,22,28H,12-13H2,1-2H3/b23-21-. The minimum atomic E-state index is -0.879. The molecule has 7 heteroatoms. The van der Waals surface area contributed by atoms with E-state index in [1.54, 1.807) is 55.5 Å². The highest BCUT2D eigenvalue weighted by Gasteiger charge is 2.47. The molecular formula is C25H22FNO5. The molecule has 1 aliphatic heterocycles. The first kappa shape index (κ1) is 21.4. The lowest BCUT2D eigenvalue weighted by Crippen LogP contribution is -2.31. The molecule has 1 amide bonds. The molecule has 3 aromatic rings. The molecular weight excluding hydrogens is 413 g/mol. The maximum absolute atomic E-state index is 13.2. The summed E-state index contributed by atoms with van der Waals surface area (Å²) in [4.78, 5) is 27.3. The minimum absolute atomic E-state index is 0.0447. The van der Waals surface area contributed by atoms with Crippen LogP contribution in [0, 0.1) is 12.7 Å². The highest BCUT2D eigenvalue weighted by Crippen LogP contribution is 2.40. The van der Waals surface area contributed by atoms with E-state index in [4.69, 9.17) is 9.15 Å². The number of furan rings is 1. The lowest BCUT2D eigenvalue weighted by molar-refractivity contribution is -0.140. The summed E-state index contributed by atoms with van der Waals surface area (Å²) >= 11 is 0. The molecule has 32 heavy (non-hydrogen) atoms. The number of aryl methyl sites for hydroxylation is 1. The number of amides is 1. The number of aliphatic hydroxyl groups is 1. The van der Waals surface area contributed by atoms with E-state index in [1.807, 2.05) is 0 Å². The van der Waals surface area contributed by atoms with Gasteiger partial charge in [0.2, 0.25) is 0 Å². The fraction of sp³-hybridized carbons (Fsp3) is 0.200. The third-order valence-electron chi connectivity index (χ3n) is 5.47. The first-order chi connectivity index (χ1) is 15.4. The van der Waals surface area contributed by atoms with Crippen LogP contribution >= 0.6 is 0 Å². The third kappa shape index (κ3) is 4.01. The second-order valence-electron chi connectivity index (χ2n) is 7.55. The molecule has 0 bridgehead atoms. The van der Waals surface area contributed by atoms with Gasteiger partial charge in [-0.25, -0.2) is 4.39 Å². The van der Waals surface area contributed by atoms with Crippen LogP contribution in [-0.2, 0) is 16.0 Å². The van der Waals surface area contributed by atoms with Gasteiger partial charge in [-0.2, -0.15) is 0 Å². The number of hydrogen-bond acceptors (Lipinski definition) is 5. The minimum Gasteiger partial charge on any atom is -0.507 e. The van der Waals surface area contributed by atoms with E-state index < -0.39 is 17.7 Å². The van der Waals surface area contributed by atoms with Crippen molar-refractivity contribution in [2.75, 3.05) is 13.7 Å². The number of aliphatic hydroxyl groups excluding tert-OH is 1. The van der Waals surface area contributed by atoms with Crippen molar-refractivity contribution in [1.82, 2.24) is 4.90 Å². The SMILES string of the molecule is COc1cccc(/C(O)=C2/C(=O)C(=O)N(CCc3ccc(F)cc3)C2c2ccc(C)o2)c1. The van der Waals surface area contributed by atoms with E-state index in [2.05, 4.69) is 0 Å². The Hall–Kier alpha value is -3.87. The molecule has 0 spiro atoms. The molecule has 1 unspecified atom stereocenters. The first-order valence-electron chi connectivity index (χ1n) is 10.1. The van der Waals surface area contributed by atoms with E-state index in [9.17, 15) is 19.1 Å². The zero-order valence-electron chi connectivity index (χ0n) is 17.7. The van der Waals surface area contributed by atoms with Gasteiger partial charge in [0.1, 0.15) is 34.9 Å². The van der Waals surface area contributed by atoms with Crippen LogP contribution in [0.2, 0.25) is 0 Å². The molecule has 6 nitrogen and oxygen atoms in total. The highest BCUT2D eigenvalue weighted by molar-refractivity contribution is 6.46. The van der Waals surface area contributed by atoms with Crippen LogP contribution < -0.4 is 4.74 Å². The number of benzene rings is 2. The fourth-order valence-corrected chi connectivity index (χ4v) is 3.83. The smallest absolute Gasteiger partial charge is 0.295 e. The molecule has 2 aromatic carbocycles. The lowest BCUT2D eigenvalue weighted by Gasteiger charge is -2.23. The van der Waals surface area contributed by atoms with Gasteiger partial charge in [0.15, 0.2) is 0 Å². The maximum Gasteiger partial charge on any atom is 0.295 e. The average molecular weight is 435 g/mol. The number of nitrogens with zero attached hydrogens (tertiary/aromatic N) is 1. The van der Waals surface area contributed by atoms with Crippen molar-refractivity contribution in [3.05, 3.63) is 94.7 Å². The zero-order valence-corrected chi connectivity index (χ0v) is 17.7. The number of rotatable bonds is 6. The van der Waals surface area contributed by atoms with E-state index in [0.717, 1.165) is 5.56 Å². The van der Waals surface area contributed by atoms with Crippen LogP contribution in [0.15, 0.2) is 70.7 Å². The normalized spacial score (nSPS) is 17.7. The maximum atomic E-state index is 13.2. The molecule has 164 valence electrons. The number of likely N-dealkylation sites (tertiary alicyclic amines) is 1. The average Bonchev–Trinajstić information content (AvgIpc) is 3.34. The highest BCUT2D eigenvalue weighted by atomic mass is 19.1. The molecule has 1 atom stereocenters. The Morgan fingerprint density at radius 2 is 1.88 bits per heavy atom. The van der Waals surface area contributed by atoms with Crippen molar-refractivity contribution in [3.63, 3.8) is 0 Å². The molecule has 1 fully saturated rings. The number of halogens is 1. The van der Waals surface area contributed by atoms with Crippen molar-refractivity contribution in [2.45, 2.75) is 19.4 Å². The summed E-state index contributed by atoms with van der Waals surface area (Å²) < 4.78 is 24.2. The van der Waals surface area contributed by atoms with Gasteiger partial charge in [-0.15, -0.1) is 0 Å². The summed E-state index contributed by atoms with van der Waals surface area (Å²) in [5.41, 5.74) is 1.13. The molecule has 0 saturated carbocycles. The van der Waals surface area contributed by atoms with Gasteiger partial charge in [-0.05, 0) is 55.3 Å². The van der Waals surface area contributed by atoms with Crippen LogP contribution in [0.1, 0.15) is 28.7 Å². The predicted molar refractivity (Wildman–Crippen MR) is 116 cm³/mol. The Bertz CT molecular complexity index is 1200. The molecule has 0 aliphatic carbocycles. The Balaban J connectivity index is 1.75. The third-order valence-corrected chi connectivity index (χ3v) is 5.47.